The fraction of sp³-hybridized carbons (Fsp3) is 0.308. The van der Waals surface area contributed by atoms with Crippen LogP contribution in [0, 0.1) is 5.41 Å². The number of amidine groups is 1. The summed E-state index contributed by atoms with van der Waals surface area (Å²) < 4.78 is 40.0. The summed E-state index contributed by atoms with van der Waals surface area (Å²) in [7, 11) is 0. The second kappa shape index (κ2) is 10.9. The molecule has 2 aromatic heterocycles. The molecule has 1 saturated carbocycles. The molecule has 0 aliphatic heterocycles. The average molecular weight is 512 g/mol. The topological polar surface area (TPSA) is 143 Å². The molecule has 37 heavy (non-hydrogen) atoms. The number of carbonyl (C=O) groups excluding carboxylic acids is 1. The van der Waals surface area contributed by atoms with Crippen molar-refractivity contribution in [2.24, 2.45) is 5.73 Å². The van der Waals surface area contributed by atoms with E-state index < -0.39 is 17.6 Å². The first-order chi connectivity index (χ1) is 17.6. The van der Waals surface area contributed by atoms with E-state index in [1.807, 2.05) is 24.3 Å². The van der Waals surface area contributed by atoms with Gasteiger partial charge >= 0.3 is 6.18 Å². The van der Waals surface area contributed by atoms with E-state index in [4.69, 9.17) is 16.9 Å². The molecule has 11 heteroatoms. The van der Waals surface area contributed by atoms with Crippen molar-refractivity contribution in [3.63, 3.8) is 0 Å². The molecule has 0 atom stereocenters. The first-order valence-electron chi connectivity index (χ1n) is 11.9. The van der Waals surface area contributed by atoms with Gasteiger partial charge in [-0.1, -0.05) is 43.5 Å². The molecular weight excluding hydrogens is 483 g/mol. The van der Waals surface area contributed by atoms with Crippen LogP contribution < -0.4 is 22.1 Å². The normalized spacial score (nSPS) is 14.2. The highest BCUT2D eigenvalue weighted by atomic mass is 19.4. The maximum atomic E-state index is 13.3. The summed E-state index contributed by atoms with van der Waals surface area (Å²) in [5, 5.41) is 13.5. The highest BCUT2D eigenvalue weighted by Crippen LogP contribution is 2.31. The minimum Gasteiger partial charge on any atom is -0.384 e. The Hall–Kier alpha value is -4.15. The van der Waals surface area contributed by atoms with Crippen LogP contribution in [0.5, 0.6) is 0 Å². The second-order valence-corrected chi connectivity index (χ2v) is 9.05. The van der Waals surface area contributed by atoms with Gasteiger partial charge in [0.25, 0.3) is 5.91 Å². The van der Waals surface area contributed by atoms with Gasteiger partial charge in [-0.25, -0.2) is 9.97 Å². The van der Waals surface area contributed by atoms with E-state index in [9.17, 15) is 18.0 Å². The van der Waals surface area contributed by atoms with Crippen LogP contribution in [-0.2, 0) is 12.7 Å². The minimum atomic E-state index is -4.61. The summed E-state index contributed by atoms with van der Waals surface area (Å²) in [5.74, 6) is -0.496. The van der Waals surface area contributed by atoms with Gasteiger partial charge in [0.1, 0.15) is 17.5 Å². The average Bonchev–Trinajstić information content (AvgIpc) is 2.88. The third-order valence-corrected chi connectivity index (χ3v) is 6.36. The zero-order chi connectivity index (χ0) is 26.6. The van der Waals surface area contributed by atoms with Crippen LogP contribution in [0.4, 0.5) is 24.8 Å². The van der Waals surface area contributed by atoms with Gasteiger partial charge in [0.05, 0.1) is 16.7 Å². The highest BCUT2D eigenvalue weighted by molar-refractivity contribution is 6.00. The van der Waals surface area contributed by atoms with Crippen LogP contribution in [0.1, 0.15) is 59.2 Å². The number of benzene rings is 1. The number of halogens is 3. The third-order valence-electron chi connectivity index (χ3n) is 6.36. The predicted molar refractivity (Wildman–Crippen MR) is 136 cm³/mol. The predicted octanol–water partition coefficient (Wildman–Crippen LogP) is 4.70. The summed E-state index contributed by atoms with van der Waals surface area (Å²) in [6.45, 7) is 0.237. The summed E-state index contributed by atoms with van der Waals surface area (Å²) in [5.41, 5.74) is 12.9. The lowest BCUT2D eigenvalue weighted by molar-refractivity contribution is -0.137. The summed E-state index contributed by atoms with van der Waals surface area (Å²) in [6, 6.07) is 9.81. The molecule has 0 spiro atoms. The maximum Gasteiger partial charge on any atom is 0.417 e. The number of pyridine rings is 2. The Balaban J connectivity index is 1.51. The molecule has 1 aliphatic rings. The molecule has 194 valence electrons. The van der Waals surface area contributed by atoms with Crippen molar-refractivity contribution in [2.75, 3.05) is 11.1 Å². The maximum absolute atomic E-state index is 13.3. The number of hydrogen-bond donors (Lipinski definition) is 5. The molecule has 4 rings (SSSR count). The minimum absolute atomic E-state index is 0.0532. The van der Waals surface area contributed by atoms with Crippen molar-refractivity contribution in [3.8, 4) is 11.1 Å². The molecule has 1 fully saturated rings. The summed E-state index contributed by atoms with van der Waals surface area (Å²) in [4.78, 5) is 20.9. The molecular formula is C26H28F3N7O. The Morgan fingerprint density at radius 3 is 2.35 bits per heavy atom. The van der Waals surface area contributed by atoms with Gasteiger partial charge in [0, 0.05) is 30.5 Å². The van der Waals surface area contributed by atoms with Crippen molar-refractivity contribution in [2.45, 2.75) is 50.9 Å². The van der Waals surface area contributed by atoms with E-state index in [1.54, 1.807) is 12.3 Å². The van der Waals surface area contributed by atoms with Crippen LogP contribution in [0.15, 0.2) is 48.8 Å². The number of nitrogens with one attached hydrogen (secondary N) is 3. The van der Waals surface area contributed by atoms with Gasteiger partial charge in [0.2, 0.25) is 0 Å². The Bertz CT molecular complexity index is 1290. The number of anilines is 2. The number of aromatic nitrogens is 2. The van der Waals surface area contributed by atoms with Crippen LogP contribution in [0.3, 0.4) is 0 Å². The third kappa shape index (κ3) is 6.35. The lowest BCUT2D eigenvalue weighted by Crippen LogP contribution is -2.36. The van der Waals surface area contributed by atoms with Gasteiger partial charge in [-0.05, 0) is 36.1 Å². The molecule has 1 amide bonds. The fourth-order valence-corrected chi connectivity index (χ4v) is 4.29. The zero-order valence-electron chi connectivity index (χ0n) is 20.0. The van der Waals surface area contributed by atoms with Gasteiger partial charge in [0.15, 0.2) is 0 Å². The molecule has 1 aliphatic carbocycles. The lowest BCUT2D eigenvalue weighted by atomic mass is 9.95. The van der Waals surface area contributed by atoms with E-state index in [0.717, 1.165) is 61.1 Å². The molecule has 0 bridgehead atoms. The van der Waals surface area contributed by atoms with E-state index in [0.29, 0.717) is 5.56 Å². The number of amides is 1. The number of nitrogen functional groups attached to an aromatic ring is 2. The van der Waals surface area contributed by atoms with Crippen molar-refractivity contribution in [1.29, 1.82) is 5.41 Å². The molecule has 7 N–H and O–H groups in total. The second-order valence-electron chi connectivity index (χ2n) is 9.05. The highest BCUT2D eigenvalue weighted by Gasteiger charge is 2.33. The quantitative estimate of drug-likeness (QED) is 0.230. The van der Waals surface area contributed by atoms with Crippen molar-refractivity contribution in [1.82, 2.24) is 15.3 Å². The monoisotopic (exact) mass is 511 g/mol. The largest absolute Gasteiger partial charge is 0.417 e. The molecule has 2 heterocycles. The Labute approximate surface area is 212 Å². The number of nitrogens with two attached hydrogens (primary N) is 2. The molecule has 1 aromatic carbocycles. The number of hydrogen-bond acceptors (Lipinski definition) is 6. The number of alkyl halides is 3. The molecule has 8 nitrogen and oxygen atoms in total. The van der Waals surface area contributed by atoms with Gasteiger partial charge in [-0.3, -0.25) is 10.2 Å². The van der Waals surface area contributed by atoms with E-state index in [1.165, 1.54) is 0 Å². The van der Waals surface area contributed by atoms with Gasteiger partial charge < -0.3 is 22.1 Å². The smallest absolute Gasteiger partial charge is 0.384 e. The van der Waals surface area contributed by atoms with Crippen LogP contribution in [-0.4, -0.2) is 27.8 Å². The van der Waals surface area contributed by atoms with Crippen molar-refractivity contribution in [3.05, 3.63) is 71.0 Å². The van der Waals surface area contributed by atoms with Crippen LogP contribution >= 0.6 is 0 Å². The number of carbonyl (C=O) groups is 1. The van der Waals surface area contributed by atoms with E-state index >= 15 is 0 Å². The Morgan fingerprint density at radius 2 is 1.70 bits per heavy atom. The summed E-state index contributed by atoms with van der Waals surface area (Å²) in [6.07, 6.45) is 2.37. The number of nitrogens with zero attached hydrogens (tertiary/aromatic N) is 2. The molecule has 3 aromatic rings. The first-order valence-corrected chi connectivity index (χ1v) is 11.9. The fourth-order valence-electron chi connectivity index (χ4n) is 4.29. The van der Waals surface area contributed by atoms with E-state index in [2.05, 4.69) is 20.6 Å². The molecule has 0 radical (unpaired) electrons. The zero-order valence-corrected chi connectivity index (χ0v) is 20.0. The van der Waals surface area contributed by atoms with E-state index in [-0.39, 0.29) is 35.6 Å². The van der Waals surface area contributed by atoms with Gasteiger partial charge in [-0.2, -0.15) is 13.2 Å². The van der Waals surface area contributed by atoms with Crippen molar-refractivity contribution < 1.29 is 18.0 Å². The Kier molecular flexibility index (Phi) is 7.61. The summed E-state index contributed by atoms with van der Waals surface area (Å²) >= 11 is 0. The SMILES string of the molecule is N=C(N)c1cc(-c2ccc(CNc3ncc(C(F)(F)F)cc3C(=O)NC3CCCCC3)cc2)cnc1N. The lowest BCUT2D eigenvalue weighted by Gasteiger charge is -2.23. The van der Waals surface area contributed by atoms with Crippen LogP contribution in [0.2, 0.25) is 0 Å². The molecule has 0 saturated heterocycles. The number of rotatable bonds is 7. The van der Waals surface area contributed by atoms with Crippen molar-refractivity contribution >= 4 is 23.4 Å². The first kappa shape index (κ1) is 25.9. The molecule has 0 unspecified atom stereocenters. The van der Waals surface area contributed by atoms with Gasteiger partial charge in [-0.15, -0.1) is 0 Å². The standard InChI is InChI=1S/C26H28F3N7O/c27-26(28,29)18-11-21(25(37)36-19-4-2-1-3-5-19)24(35-14-18)34-12-15-6-8-16(9-7-15)17-10-20(22(30)31)23(32)33-13-17/h6-11,13-14,19H,1-5,12H2,(H3,30,31)(H2,32,33)(H,34,35)(H,36,37). The van der Waals surface area contributed by atoms with Crippen LogP contribution in [0.25, 0.3) is 11.1 Å². The Morgan fingerprint density at radius 1 is 1.00 bits per heavy atom.